The maximum absolute atomic E-state index is 12.6. The predicted molar refractivity (Wildman–Crippen MR) is 105 cm³/mol. The van der Waals surface area contributed by atoms with Crippen molar-refractivity contribution in [3.63, 3.8) is 0 Å². The number of likely N-dealkylation sites (N-methyl/N-ethyl adjacent to an activating group) is 1. The van der Waals surface area contributed by atoms with Gasteiger partial charge in [0.05, 0.1) is 18.2 Å². The van der Waals surface area contributed by atoms with E-state index < -0.39 is 0 Å². The van der Waals surface area contributed by atoms with Crippen molar-refractivity contribution in [2.45, 2.75) is 26.4 Å². The molecule has 0 bridgehead atoms. The maximum Gasteiger partial charge on any atom is 0.282 e. The fourth-order valence-corrected chi connectivity index (χ4v) is 2.82. The van der Waals surface area contributed by atoms with E-state index in [1.54, 1.807) is 24.3 Å². The Morgan fingerprint density at radius 2 is 1.77 bits per heavy atom. The lowest BCUT2D eigenvalue weighted by Crippen LogP contribution is -3.15. The van der Waals surface area contributed by atoms with Crippen LogP contribution >= 0.6 is 0 Å². The SMILES string of the molecule is CC[NH+](Cc1ccc(N(C)C)cc1)[C@@H](C)C(=O)Nc1ccc(C#N)cc1. The second-order valence-corrected chi connectivity index (χ2v) is 6.65. The van der Waals surface area contributed by atoms with Gasteiger partial charge in [-0.15, -0.1) is 0 Å². The van der Waals surface area contributed by atoms with Crippen LogP contribution in [0.4, 0.5) is 11.4 Å². The van der Waals surface area contributed by atoms with Crippen molar-refractivity contribution in [3.8, 4) is 6.07 Å². The molecule has 136 valence electrons. The van der Waals surface area contributed by atoms with Gasteiger partial charge in [-0.25, -0.2) is 0 Å². The number of hydrogen-bond acceptors (Lipinski definition) is 3. The van der Waals surface area contributed by atoms with Crippen LogP contribution < -0.4 is 15.1 Å². The summed E-state index contributed by atoms with van der Waals surface area (Å²) in [4.78, 5) is 15.9. The van der Waals surface area contributed by atoms with Crippen LogP contribution in [0.2, 0.25) is 0 Å². The average molecular weight is 351 g/mol. The first kappa shape index (κ1) is 19.5. The number of benzene rings is 2. The van der Waals surface area contributed by atoms with Gasteiger partial charge in [0.1, 0.15) is 6.54 Å². The number of quaternary nitrogens is 1. The van der Waals surface area contributed by atoms with Gasteiger partial charge in [0.25, 0.3) is 5.91 Å². The van der Waals surface area contributed by atoms with E-state index in [0.717, 1.165) is 13.1 Å². The van der Waals surface area contributed by atoms with Crippen LogP contribution in [-0.2, 0) is 11.3 Å². The first-order valence-electron chi connectivity index (χ1n) is 8.86. The first-order valence-corrected chi connectivity index (χ1v) is 8.86. The van der Waals surface area contributed by atoms with Crippen molar-refractivity contribution in [2.24, 2.45) is 0 Å². The fraction of sp³-hybridized carbons (Fsp3) is 0.333. The lowest BCUT2D eigenvalue weighted by molar-refractivity contribution is -0.925. The molecule has 0 spiro atoms. The van der Waals surface area contributed by atoms with Gasteiger partial charge < -0.3 is 15.1 Å². The molecule has 2 aromatic rings. The lowest BCUT2D eigenvalue weighted by atomic mass is 10.1. The Hall–Kier alpha value is -2.84. The number of hydrogen-bond donors (Lipinski definition) is 2. The lowest BCUT2D eigenvalue weighted by Gasteiger charge is -2.24. The second-order valence-electron chi connectivity index (χ2n) is 6.65. The summed E-state index contributed by atoms with van der Waals surface area (Å²) in [6.07, 6.45) is 0. The summed E-state index contributed by atoms with van der Waals surface area (Å²) in [6, 6.07) is 17.3. The molecule has 5 nitrogen and oxygen atoms in total. The number of carbonyl (C=O) groups excluding carboxylic acids is 1. The topological polar surface area (TPSA) is 60.6 Å². The molecule has 0 radical (unpaired) electrons. The number of rotatable bonds is 7. The van der Waals surface area contributed by atoms with E-state index in [1.165, 1.54) is 16.2 Å². The summed E-state index contributed by atoms with van der Waals surface area (Å²) in [6.45, 7) is 5.70. The van der Waals surface area contributed by atoms with Crippen LogP contribution in [0.5, 0.6) is 0 Å². The largest absolute Gasteiger partial charge is 0.378 e. The highest BCUT2D eigenvalue weighted by molar-refractivity contribution is 5.93. The second kappa shape index (κ2) is 9.02. The molecule has 0 saturated carbocycles. The van der Waals surface area contributed by atoms with E-state index in [2.05, 4.69) is 47.5 Å². The van der Waals surface area contributed by atoms with E-state index in [1.807, 2.05) is 21.0 Å². The molecule has 5 heteroatoms. The van der Waals surface area contributed by atoms with Gasteiger partial charge in [0.15, 0.2) is 6.04 Å². The molecule has 0 aromatic heterocycles. The number of nitriles is 1. The quantitative estimate of drug-likeness (QED) is 0.803. The summed E-state index contributed by atoms with van der Waals surface area (Å²) in [5.41, 5.74) is 3.67. The predicted octanol–water partition coefficient (Wildman–Crippen LogP) is 2.06. The normalized spacial score (nSPS) is 12.7. The molecule has 0 aliphatic heterocycles. The summed E-state index contributed by atoms with van der Waals surface area (Å²) in [7, 11) is 4.04. The molecule has 0 heterocycles. The molecule has 2 atom stereocenters. The Labute approximate surface area is 155 Å². The van der Waals surface area contributed by atoms with Gasteiger partial charge in [-0.3, -0.25) is 4.79 Å². The van der Waals surface area contributed by atoms with Crippen LogP contribution in [0.15, 0.2) is 48.5 Å². The van der Waals surface area contributed by atoms with Crippen molar-refractivity contribution in [1.29, 1.82) is 5.26 Å². The highest BCUT2D eigenvalue weighted by Crippen LogP contribution is 2.12. The zero-order valence-electron chi connectivity index (χ0n) is 15.9. The van der Waals surface area contributed by atoms with Crippen LogP contribution in [0.1, 0.15) is 25.0 Å². The Balaban J connectivity index is 2.00. The van der Waals surface area contributed by atoms with Gasteiger partial charge in [-0.2, -0.15) is 5.26 Å². The Morgan fingerprint density at radius 3 is 2.27 bits per heavy atom. The van der Waals surface area contributed by atoms with Crippen molar-refractivity contribution < 1.29 is 9.69 Å². The summed E-state index contributed by atoms with van der Waals surface area (Å²) in [5, 5.41) is 11.8. The van der Waals surface area contributed by atoms with E-state index in [-0.39, 0.29) is 11.9 Å². The Kier molecular flexibility index (Phi) is 6.76. The van der Waals surface area contributed by atoms with Gasteiger partial charge in [-0.05, 0) is 50.2 Å². The Bertz CT molecular complexity index is 760. The zero-order valence-corrected chi connectivity index (χ0v) is 15.9. The molecule has 26 heavy (non-hydrogen) atoms. The van der Waals surface area contributed by atoms with Crippen molar-refractivity contribution in [1.82, 2.24) is 0 Å². The minimum absolute atomic E-state index is 0.0172. The van der Waals surface area contributed by atoms with E-state index in [0.29, 0.717) is 11.3 Å². The molecule has 0 saturated heterocycles. The molecular weight excluding hydrogens is 324 g/mol. The third kappa shape index (κ3) is 5.08. The number of nitrogens with zero attached hydrogens (tertiary/aromatic N) is 2. The van der Waals surface area contributed by atoms with Crippen LogP contribution in [-0.4, -0.2) is 32.6 Å². The van der Waals surface area contributed by atoms with Crippen molar-refractivity contribution >= 4 is 17.3 Å². The van der Waals surface area contributed by atoms with Crippen LogP contribution in [0.25, 0.3) is 0 Å². The standard InChI is InChI=1S/C21H26N4O/c1-5-25(15-18-8-12-20(13-9-18)24(3)4)16(2)21(26)23-19-10-6-17(14-22)7-11-19/h6-13,16H,5,15H2,1-4H3,(H,23,26)/p+1/t16-/m0/s1. The molecule has 1 amide bonds. The number of amides is 1. The number of anilines is 2. The average Bonchev–Trinajstić information content (AvgIpc) is 2.66. The third-order valence-electron chi connectivity index (χ3n) is 4.63. The fourth-order valence-electron chi connectivity index (χ4n) is 2.82. The van der Waals surface area contributed by atoms with Gasteiger partial charge in [-0.1, -0.05) is 12.1 Å². The number of carbonyl (C=O) groups is 1. The molecular formula is C21H27N4O+. The summed E-state index contributed by atoms with van der Waals surface area (Å²) in [5.74, 6) is -0.0172. The monoisotopic (exact) mass is 351 g/mol. The molecule has 0 fully saturated rings. The van der Waals surface area contributed by atoms with Gasteiger partial charge >= 0.3 is 0 Å². The zero-order chi connectivity index (χ0) is 19.1. The summed E-state index contributed by atoms with van der Waals surface area (Å²) >= 11 is 0. The minimum Gasteiger partial charge on any atom is -0.378 e. The Morgan fingerprint density at radius 1 is 1.15 bits per heavy atom. The molecule has 2 rings (SSSR count). The minimum atomic E-state index is -0.177. The molecule has 0 aliphatic rings. The molecule has 2 aromatic carbocycles. The van der Waals surface area contributed by atoms with Crippen LogP contribution in [0.3, 0.4) is 0 Å². The van der Waals surface area contributed by atoms with Gasteiger partial charge in [0.2, 0.25) is 0 Å². The molecule has 2 N–H and O–H groups in total. The maximum atomic E-state index is 12.6. The number of nitrogens with one attached hydrogen (secondary N) is 2. The van der Waals surface area contributed by atoms with E-state index in [9.17, 15) is 4.79 Å². The smallest absolute Gasteiger partial charge is 0.282 e. The molecule has 0 aliphatic carbocycles. The molecule has 1 unspecified atom stereocenters. The summed E-state index contributed by atoms with van der Waals surface area (Å²) < 4.78 is 0. The van der Waals surface area contributed by atoms with Gasteiger partial charge in [0, 0.05) is 31.0 Å². The third-order valence-corrected chi connectivity index (χ3v) is 4.63. The van der Waals surface area contributed by atoms with E-state index in [4.69, 9.17) is 5.26 Å². The van der Waals surface area contributed by atoms with Crippen molar-refractivity contribution in [3.05, 3.63) is 59.7 Å². The van der Waals surface area contributed by atoms with E-state index >= 15 is 0 Å². The highest BCUT2D eigenvalue weighted by Gasteiger charge is 2.24. The van der Waals surface area contributed by atoms with Crippen molar-refractivity contribution in [2.75, 3.05) is 30.9 Å². The highest BCUT2D eigenvalue weighted by atomic mass is 16.2. The first-order chi connectivity index (χ1) is 12.4. The van der Waals surface area contributed by atoms with Crippen LogP contribution in [0, 0.1) is 11.3 Å².